The van der Waals surface area contributed by atoms with Crippen molar-refractivity contribution >= 4 is 5.71 Å². The van der Waals surface area contributed by atoms with Crippen molar-refractivity contribution in [2.45, 2.75) is 52.7 Å². The number of hydrogen-bond donors (Lipinski definition) is 1. The normalized spacial score (nSPS) is 17.1. The molecule has 0 saturated heterocycles. The smallest absolute Gasteiger partial charge is 0.0989 e. The molecule has 0 aliphatic rings. The number of nitrogens with zero attached hydrogens (tertiary/aromatic N) is 1. The van der Waals surface area contributed by atoms with Crippen LogP contribution in [-0.4, -0.2) is 22.5 Å². The van der Waals surface area contributed by atoms with Gasteiger partial charge >= 0.3 is 0 Å². The molecule has 3 heteroatoms. The Kier molecular flexibility index (Phi) is 8.29. The average Bonchev–Trinajstić information content (AvgIpc) is 1.86. The van der Waals surface area contributed by atoms with Crippen LogP contribution in [0.2, 0.25) is 0 Å². The summed E-state index contributed by atoms with van der Waals surface area (Å²) < 4.78 is 0. The SMILES string of the molecule is CCC(C)(O)C(C)=NC(C)C.[Nd]. The summed E-state index contributed by atoms with van der Waals surface area (Å²) in [5, 5.41) is 9.71. The first kappa shape index (κ1) is 15.5. The zero-order valence-corrected chi connectivity index (χ0v) is 11.9. The molecule has 0 aromatic carbocycles. The van der Waals surface area contributed by atoms with E-state index in [2.05, 4.69) is 4.99 Å². The van der Waals surface area contributed by atoms with Crippen molar-refractivity contribution in [2.24, 2.45) is 4.99 Å². The quantitative estimate of drug-likeness (QED) is 0.795. The van der Waals surface area contributed by atoms with E-state index in [9.17, 15) is 5.11 Å². The van der Waals surface area contributed by atoms with Crippen molar-refractivity contribution in [3.63, 3.8) is 0 Å². The molecule has 0 heterocycles. The van der Waals surface area contributed by atoms with Crippen LogP contribution < -0.4 is 0 Å². The van der Waals surface area contributed by atoms with Crippen LogP contribution in [0.25, 0.3) is 0 Å². The van der Waals surface area contributed by atoms with Crippen LogP contribution in [0.5, 0.6) is 0 Å². The topological polar surface area (TPSA) is 32.6 Å². The zero-order valence-electron chi connectivity index (χ0n) is 8.68. The predicted octanol–water partition coefficient (Wildman–Crippen LogP) is 2.02. The fourth-order valence-electron chi connectivity index (χ4n) is 0.782. The average molecular weight is 301 g/mol. The van der Waals surface area contributed by atoms with Gasteiger partial charge in [0, 0.05) is 52.6 Å². The first-order valence-electron chi connectivity index (χ1n) is 4.17. The maximum absolute atomic E-state index is 9.71. The van der Waals surface area contributed by atoms with Gasteiger partial charge in [-0.3, -0.25) is 4.99 Å². The maximum atomic E-state index is 9.71. The van der Waals surface area contributed by atoms with Crippen LogP contribution >= 0.6 is 0 Å². The number of aliphatic hydroxyl groups is 1. The Balaban J connectivity index is 0. The largest absolute Gasteiger partial charge is 0.384 e. The molecule has 0 aliphatic carbocycles. The molecule has 0 radical (unpaired) electrons. The Bertz CT molecular complexity index is 153. The Hall–Kier alpha value is 0.981. The van der Waals surface area contributed by atoms with E-state index >= 15 is 0 Å². The molecule has 0 fully saturated rings. The van der Waals surface area contributed by atoms with Crippen LogP contribution in [0.15, 0.2) is 4.99 Å². The Morgan fingerprint density at radius 3 is 2.17 bits per heavy atom. The molecule has 0 amide bonds. The summed E-state index contributed by atoms with van der Waals surface area (Å²) in [6, 6.07) is 0.271. The molecular weight excluding hydrogens is 282 g/mol. The molecule has 0 aliphatic heterocycles. The van der Waals surface area contributed by atoms with Crippen LogP contribution in [-0.2, 0) is 0 Å². The van der Waals surface area contributed by atoms with Gasteiger partial charge in [0.15, 0.2) is 0 Å². The van der Waals surface area contributed by atoms with Gasteiger partial charge in [0.1, 0.15) is 0 Å². The third-order valence-corrected chi connectivity index (χ3v) is 1.92. The van der Waals surface area contributed by atoms with E-state index in [0.717, 1.165) is 12.1 Å². The van der Waals surface area contributed by atoms with Gasteiger partial charge in [-0.25, -0.2) is 0 Å². The van der Waals surface area contributed by atoms with Crippen molar-refractivity contribution in [2.75, 3.05) is 0 Å². The molecule has 0 spiro atoms. The monoisotopic (exact) mass is 299 g/mol. The first-order chi connectivity index (χ1) is 4.90. The van der Waals surface area contributed by atoms with Gasteiger partial charge in [0.2, 0.25) is 0 Å². The third-order valence-electron chi connectivity index (χ3n) is 1.92. The minimum absolute atomic E-state index is 0. The van der Waals surface area contributed by atoms with E-state index in [1.165, 1.54) is 0 Å². The van der Waals surface area contributed by atoms with Crippen molar-refractivity contribution in [1.29, 1.82) is 0 Å². The van der Waals surface area contributed by atoms with E-state index in [1.54, 1.807) is 6.92 Å². The summed E-state index contributed by atoms with van der Waals surface area (Å²) in [4.78, 5) is 4.29. The first-order valence-corrected chi connectivity index (χ1v) is 4.17. The van der Waals surface area contributed by atoms with E-state index < -0.39 is 5.60 Å². The van der Waals surface area contributed by atoms with Gasteiger partial charge in [-0.15, -0.1) is 0 Å². The van der Waals surface area contributed by atoms with Crippen molar-refractivity contribution in [3.05, 3.63) is 0 Å². The number of aliphatic imine (C=N–C) groups is 1. The van der Waals surface area contributed by atoms with Crippen molar-refractivity contribution in [3.8, 4) is 0 Å². The van der Waals surface area contributed by atoms with Gasteiger partial charge in [-0.1, -0.05) is 6.92 Å². The second-order valence-corrected chi connectivity index (χ2v) is 3.44. The molecule has 12 heavy (non-hydrogen) atoms. The van der Waals surface area contributed by atoms with E-state index in [0.29, 0.717) is 0 Å². The second-order valence-electron chi connectivity index (χ2n) is 3.44. The van der Waals surface area contributed by atoms with Gasteiger partial charge in [-0.2, -0.15) is 0 Å². The number of hydrogen-bond acceptors (Lipinski definition) is 2. The summed E-state index contributed by atoms with van der Waals surface area (Å²) in [6.45, 7) is 9.65. The van der Waals surface area contributed by atoms with Crippen LogP contribution in [0.4, 0.5) is 0 Å². The number of rotatable bonds is 3. The molecule has 0 rings (SSSR count). The van der Waals surface area contributed by atoms with E-state index in [4.69, 9.17) is 0 Å². The summed E-state index contributed by atoms with van der Waals surface area (Å²) in [5.41, 5.74) is 0.111. The maximum Gasteiger partial charge on any atom is 0.0989 e. The second kappa shape index (κ2) is 6.44. The minimum Gasteiger partial charge on any atom is -0.384 e. The van der Waals surface area contributed by atoms with Gasteiger partial charge in [0.05, 0.1) is 5.60 Å². The molecule has 0 bridgehead atoms. The predicted molar refractivity (Wildman–Crippen MR) is 49.2 cm³/mol. The van der Waals surface area contributed by atoms with Crippen LogP contribution in [0, 0.1) is 40.8 Å². The van der Waals surface area contributed by atoms with Crippen molar-refractivity contribution < 1.29 is 45.9 Å². The molecule has 1 unspecified atom stereocenters. The fraction of sp³-hybridized carbons (Fsp3) is 0.889. The fourth-order valence-corrected chi connectivity index (χ4v) is 0.782. The van der Waals surface area contributed by atoms with Crippen molar-refractivity contribution in [1.82, 2.24) is 0 Å². The van der Waals surface area contributed by atoms with E-state index in [1.807, 2.05) is 27.7 Å². The molecule has 0 saturated carbocycles. The summed E-state index contributed by atoms with van der Waals surface area (Å²) in [5.74, 6) is 0. The molecule has 1 atom stereocenters. The molecule has 1 N–H and O–H groups in total. The third kappa shape index (κ3) is 5.60. The molecule has 2 nitrogen and oxygen atoms in total. The van der Waals surface area contributed by atoms with Crippen LogP contribution in [0.1, 0.15) is 41.0 Å². The Labute approximate surface area is 108 Å². The molecule has 0 aromatic heterocycles. The standard InChI is InChI=1S/C9H19NO.Nd/c1-6-9(5,11)8(4)10-7(2)3;/h7,11H,6H2,1-5H3;. The minimum atomic E-state index is -0.718. The summed E-state index contributed by atoms with van der Waals surface area (Å²) >= 11 is 0. The Morgan fingerprint density at radius 2 is 1.92 bits per heavy atom. The molecule has 70 valence electrons. The van der Waals surface area contributed by atoms with Gasteiger partial charge < -0.3 is 5.11 Å². The molecular formula is C9H19NNdO. The molecule has 0 aromatic rings. The van der Waals surface area contributed by atoms with Gasteiger partial charge in [0.25, 0.3) is 0 Å². The zero-order chi connectivity index (χ0) is 9.07. The van der Waals surface area contributed by atoms with Crippen LogP contribution in [0.3, 0.4) is 0 Å². The Morgan fingerprint density at radius 1 is 1.50 bits per heavy atom. The van der Waals surface area contributed by atoms with Gasteiger partial charge in [-0.05, 0) is 34.1 Å². The summed E-state index contributed by atoms with van der Waals surface area (Å²) in [7, 11) is 0. The van der Waals surface area contributed by atoms with E-state index in [-0.39, 0.29) is 46.9 Å². The summed E-state index contributed by atoms with van der Waals surface area (Å²) in [6.07, 6.45) is 0.717.